The number of hydrogen-bond acceptors (Lipinski definition) is 5. The highest BCUT2D eigenvalue weighted by Gasteiger charge is 2.36. The number of piperidine rings is 1. The van der Waals surface area contributed by atoms with Crippen molar-refractivity contribution in [3.8, 4) is 11.5 Å². The van der Waals surface area contributed by atoms with Gasteiger partial charge in [0.25, 0.3) is 0 Å². The van der Waals surface area contributed by atoms with Crippen molar-refractivity contribution in [2.75, 3.05) is 29.9 Å². The molecule has 1 unspecified atom stereocenters. The first-order chi connectivity index (χ1) is 17.1. The van der Waals surface area contributed by atoms with Gasteiger partial charge in [-0.3, -0.25) is 14.6 Å². The van der Waals surface area contributed by atoms with Crippen molar-refractivity contribution in [3.05, 3.63) is 84.4 Å². The summed E-state index contributed by atoms with van der Waals surface area (Å²) in [5, 5.41) is 2.96. The number of ether oxygens (including phenoxy) is 2. The van der Waals surface area contributed by atoms with E-state index >= 15 is 0 Å². The highest BCUT2D eigenvalue weighted by molar-refractivity contribution is 5.93. The van der Waals surface area contributed by atoms with Gasteiger partial charge in [-0.25, -0.2) is 4.79 Å². The number of rotatable bonds is 6. The predicted octanol–water partition coefficient (Wildman–Crippen LogP) is 5.60. The lowest BCUT2D eigenvalue weighted by atomic mass is 9.99. The summed E-state index contributed by atoms with van der Waals surface area (Å²) in [7, 11) is 0. The van der Waals surface area contributed by atoms with Gasteiger partial charge in [0.2, 0.25) is 5.91 Å². The zero-order valence-corrected chi connectivity index (χ0v) is 19.7. The second-order valence-electron chi connectivity index (χ2n) is 8.95. The van der Waals surface area contributed by atoms with E-state index < -0.39 is 0 Å². The van der Waals surface area contributed by atoms with Gasteiger partial charge < -0.3 is 14.8 Å². The van der Waals surface area contributed by atoms with E-state index in [0.29, 0.717) is 12.3 Å². The summed E-state index contributed by atoms with van der Waals surface area (Å²) in [5.41, 5.74) is 2.70. The van der Waals surface area contributed by atoms with E-state index in [4.69, 9.17) is 9.47 Å². The fourth-order valence-electron chi connectivity index (χ4n) is 4.74. The van der Waals surface area contributed by atoms with Crippen molar-refractivity contribution in [2.45, 2.75) is 31.9 Å². The van der Waals surface area contributed by atoms with Crippen molar-refractivity contribution in [2.24, 2.45) is 0 Å². The summed E-state index contributed by atoms with van der Waals surface area (Å²) in [4.78, 5) is 29.2. The van der Waals surface area contributed by atoms with Crippen molar-refractivity contribution in [3.63, 3.8) is 0 Å². The molecule has 1 fully saturated rings. The predicted molar refractivity (Wildman–Crippen MR) is 135 cm³/mol. The minimum atomic E-state index is -0.285. The average molecular weight is 472 g/mol. The molecular weight excluding hydrogens is 442 g/mol. The third-order valence-corrected chi connectivity index (χ3v) is 6.51. The number of carbonyl (C=O) groups excluding carboxylic acids is 2. The second kappa shape index (κ2) is 10.2. The van der Waals surface area contributed by atoms with E-state index in [9.17, 15) is 9.59 Å². The topological polar surface area (TPSA) is 71.1 Å². The van der Waals surface area contributed by atoms with Crippen LogP contribution in [0.2, 0.25) is 0 Å². The van der Waals surface area contributed by atoms with Crippen LogP contribution >= 0.6 is 0 Å². The van der Waals surface area contributed by atoms with Gasteiger partial charge in [0.1, 0.15) is 17.6 Å². The number of nitrogens with one attached hydrogen (secondary N) is 1. The van der Waals surface area contributed by atoms with Gasteiger partial charge in [-0.2, -0.15) is 0 Å². The van der Waals surface area contributed by atoms with Crippen LogP contribution in [0.5, 0.6) is 11.5 Å². The Morgan fingerprint density at radius 3 is 2.34 bits per heavy atom. The number of likely N-dealkylation sites (tertiary alicyclic amines) is 1. The number of hydrogen-bond donors (Lipinski definition) is 1. The van der Waals surface area contributed by atoms with Gasteiger partial charge in [0.15, 0.2) is 0 Å². The van der Waals surface area contributed by atoms with Gasteiger partial charge in [0, 0.05) is 30.4 Å². The number of amides is 2. The Bertz CT molecular complexity index is 1170. The number of anilines is 2. The normalized spacial score (nSPS) is 18.5. The zero-order valence-electron chi connectivity index (χ0n) is 19.7. The molecule has 0 aromatic heterocycles. The van der Waals surface area contributed by atoms with Crippen molar-refractivity contribution in [1.82, 2.24) is 4.90 Å². The smallest absolute Gasteiger partial charge is 0.415 e. The molecule has 0 bridgehead atoms. The molecule has 1 N–H and O–H groups in total. The van der Waals surface area contributed by atoms with Crippen LogP contribution in [0.3, 0.4) is 0 Å². The molecule has 2 amide bonds. The van der Waals surface area contributed by atoms with E-state index in [1.807, 2.05) is 85.8 Å². The Labute approximate surface area is 205 Å². The van der Waals surface area contributed by atoms with Crippen molar-refractivity contribution < 1.29 is 19.1 Å². The third kappa shape index (κ3) is 5.30. The summed E-state index contributed by atoms with van der Waals surface area (Å²) in [6.07, 6.45) is 1.05. The van der Waals surface area contributed by atoms with E-state index in [1.165, 1.54) is 0 Å². The molecule has 35 heavy (non-hydrogen) atoms. The summed E-state index contributed by atoms with van der Waals surface area (Å²) in [6.45, 7) is 3.69. The maximum Gasteiger partial charge on any atom is 0.415 e. The zero-order chi connectivity index (χ0) is 24.2. The molecule has 2 heterocycles. The highest BCUT2D eigenvalue weighted by atomic mass is 16.6. The lowest BCUT2D eigenvalue weighted by Gasteiger charge is -2.41. The van der Waals surface area contributed by atoms with Gasteiger partial charge in [-0.05, 0) is 62.2 Å². The summed E-state index contributed by atoms with van der Waals surface area (Å²) >= 11 is 0. The molecule has 0 saturated carbocycles. The van der Waals surface area contributed by atoms with Crippen LogP contribution < -0.4 is 15.0 Å². The van der Waals surface area contributed by atoms with Gasteiger partial charge >= 0.3 is 6.09 Å². The number of carbonyl (C=O) groups is 2. The van der Waals surface area contributed by atoms with Gasteiger partial charge in [-0.1, -0.05) is 36.4 Å². The van der Waals surface area contributed by atoms with Crippen molar-refractivity contribution >= 4 is 23.4 Å². The molecular formula is C28H29N3O4. The first kappa shape index (κ1) is 22.9. The third-order valence-electron chi connectivity index (χ3n) is 6.51. The Kier molecular flexibility index (Phi) is 6.68. The molecule has 1 atom stereocenters. The number of nitrogens with zero attached hydrogens (tertiary/aromatic N) is 2. The quantitative estimate of drug-likeness (QED) is 0.507. The summed E-state index contributed by atoms with van der Waals surface area (Å²) < 4.78 is 11.4. The van der Waals surface area contributed by atoms with Crippen LogP contribution in [0.15, 0.2) is 78.9 Å². The molecule has 180 valence electrons. The summed E-state index contributed by atoms with van der Waals surface area (Å²) in [5.74, 6) is 1.42. The van der Waals surface area contributed by atoms with Crippen LogP contribution in [-0.2, 0) is 9.53 Å². The van der Waals surface area contributed by atoms with E-state index in [1.54, 1.807) is 4.90 Å². The van der Waals surface area contributed by atoms with Crippen LogP contribution in [-0.4, -0.2) is 42.6 Å². The minimum Gasteiger partial charge on any atom is -0.457 e. The monoisotopic (exact) mass is 471 g/mol. The molecule has 0 aliphatic carbocycles. The van der Waals surface area contributed by atoms with Crippen LogP contribution in [0.4, 0.5) is 16.2 Å². The first-order valence-electron chi connectivity index (χ1n) is 12.0. The molecule has 1 saturated heterocycles. The SMILES string of the molecule is CC1OC(=O)N(C2CCN(CC(=O)Nc3ccc(Oc4ccccc4)cc3)CC2)c2ccccc21. The molecule has 2 aliphatic rings. The van der Waals surface area contributed by atoms with Gasteiger partial charge in [-0.15, -0.1) is 0 Å². The Balaban J connectivity index is 1.12. The van der Waals surface area contributed by atoms with E-state index in [-0.39, 0.29) is 24.1 Å². The molecule has 7 heteroatoms. The average Bonchev–Trinajstić information content (AvgIpc) is 2.87. The summed E-state index contributed by atoms with van der Waals surface area (Å²) in [6, 6.07) is 24.9. The first-order valence-corrected chi connectivity index (χ1v) is 12.0. The Morgan fingerprint density at radius 2 is 1.60 bits per heavy atom. The molecule has 0 radical (unpaired) electrons. The maximum atomic E-state index is 12.7. The van der Waals surface area contributed by atoms with E-state index in [2.05, 4.69) is 10.2 Å². The lowest BCUT2D eigenvalue weighted by molar-refractivity contribution is -0.117. The number of para-hydroxylation sites is 2. The number of fused-ring (bicyclic) bond motifs is 1. The molecule has 3 aromatic rings. The van der Waals surface area contributed by atoms with Crippen LogP contribution in [0.1, 0.15) is 31.4 Å². The molecule has 7 nitrogen and oxygen atoms in total. The van der Waals surface area contributed by atoms with Crippen LogP contribution in [0, 0.1) is 0 Å². The fraction of sp³-hybridized carbons (Fsp3) is 0.286. The number of benzene rings is 3. The minimum absolute atomic E-state index is 0.0586. The number of cyclic esters (lactones) is 1. The maximum absolute atomic E-state index is 12.7. The van der Waals surface area contributed by atoms with Crippen LogP contribution in [0.25, 0.3) is 0 Å². The molecule has 0 spiro atoms. The molecule has 2 aliphatic heterocycles. The van der Waals surface area contributed by atoms with Crippen molar-refractivity contribution in [1.29, 1.82) is 0 Å². The standard InChI is InChI=1S/C28H29N3O4/c1-20-25-9-5-6-10-26(25)31(28(33)34-20)22-15-17-30(18-16-22)19-27(32)29-21-11-13-24(14-12-21)35-23-7-3-2-4-8-23/h2-14,20,22H,15-19H2,1H3,(H,29,32). The Hall–Kier alpha value is -3.84. The van der Waals surface area contributed by atoms with E-state index in [0.717, 1.165) is 48.6 Å². The highest BCUT2D eigenvalue weighted by Crippen LogP contribution is 2.37. The molecule has 3 aromatic carbocycles. The second-order valence-corrected chi connectivity index (χ2v) is 8.95. The fourth-order valence-corrected chi connectivity index (χ4v) is 4.74. The van der Waals surface area contributed by atoms with Gasteiger partial charge in [0.05, 0.1) is 12.2 Å². The lowest BCUT2D eigenvalue weighted by Crippen LogP contribution is -2.50. The molecule has 5 rings (SSSR count). The largest absolute Gasteiger partial charge is 0.457 e. The Morgan fingerprint density at radius 1 is 0.943 bits per heavy atom.